The number of amides is 1. The Morgan fingerprint density at radius 3 is 2.22 bits per heavy atom. The molecule has 2 aromatic rings. The molecule has 1 heterocycles. The number of anilines is 1. The maximum atomic E-state index is 13.9. The molecule has 2 saturated carbocycles. The Morgan fingerprint density at radius 2 is 1.68 bits per heavy atom. The Bertz CT molecular complexity index is 1020. The van der Waals surface area contributed by atoms with E-state index in [0.29, 0.717) is 18.9 Å². The van der Waals surface area contributed by atoms with Crippen molar-refractivity contribution in [1.29, 1.82) is 0 Å². The minimum absolute atomic E-state index is 0.218. The van der Waals surface area contributed by atoms with Gasteiger partial charge >= 0.3 is 6.18 Å². The first kappa shape index (κ1) is 28.6. The standard InChI is InChI=1S/C20H19F4NO.C7H12O.CH2O2/c21-17-12-16(20(22,23)24)9-10-18(17)25-19(26)15-8-4-7-14(11-15)13-5-2-1-3-6-13;1-2-7(1)3-5-8-6-4-7;2-1-3/h1-3,5-6,9-10,12,14-15H,4,7-8,11H2,(H,25,26);1-6H2;1H,(H,2,3). The summed E-state index contributed by atoms with van der Waals surface area (Å²) in [6.45, 7) is 1.81. The van der Waals surface area contributed by atoms with Crippen LogP contribution in [0.25, 0.3) is 0 Å². The lowest BCUT2D eigenvalue weighted by Gasteiger charge is -2.28. The molecule has 1 amide bonds. The maximum absolute atomic E-state index is 13.9. The van der Waals surface area contributed by atoms with Crippen LogP contribution in [0, 0.1) is 17.2 Å². The van der Waals surface area contributed by atoms with Gasteiger partial charge in [0.05, 0.1) is 11.3 Å². The SMILES string of the molecule is C1CC2(CCO1)CC2.O=C(Nc1ccc(C(F)(F)F)cc1F)C1CCCC(c2ccccc2)C1.O=CO. The number of rotatable bonds is 3. The topological polar surface area (TPSA) is 75.6 Å². The molecule has 2 aromatic carbocycles. The molecule has 1 saturated heterocycles. The Labute approximate surface area is 214 Å². The predicted molar refractivity (Wildman–Crippen MR) is 132 cm³/mol. The summed E-state index contributed by atoms with van der Waals surface area (Å²) < 4.78 is 57.0. The molecule has 1 spiro atoms. The predicted octanol–water partition coefficient (Wildman–Crippen LogP) is 7.03. The number of ether oxygens (including phenoxy) is 1. The molecule has 0 bridgehead atoms. The van der Waals surface area contributed by atoms with E-state index in [-0.39, 0.29) is 29.9 Å². The van der Waals surface area contributed by atoms with Crippen molar-refractivity contribution in [2.75, 3.05) is 18.5 Å². The second kappa shape index (κ2) is 13.0. The highest BCUT2D eigenvalue weighted by Crippen LogP contribution is 2.53. The summed E-state index contributed by atoms with van der Waals surface area (Å²) in [5, 5.41) is 9.34. The molecule has 3 fully saturated rings. The van der Waals surface area contributed by atoms with E-state index in [1.807, 2.05) is 30.3 Å². The summed E-state index contributed by atoms with van der Waals surface area (Å²) in [7, 11) is 0. The Kier molecular flexibility index (Phi) is 10.1. The Hall–Kier alpha value is -2.94. The summed E-state index contributed by atoms with van der Waals surface area (Å²) >= 11 is 0. The number of hydrogen-bond acceptors (Lipinski definition) is 3. The number of carbonyl (C=O) groups is 2. The lowest BCUT2D eigenvalue weighted by Crippen LogP contribution is -2.28. The largest absolute Gasteiger partial charge is 0.483 e. The van der Waals surface area contributed by atoms with Crippen molar-refractivity contribution in [2.24, 2.45) is 11.3 Å². The van der Waals surface area contributed by atoms with Gasteiger partial charge in [-0.05, 0) is 80.0 Å². The number of benzene rings is 2. The molecule has 3 aliphatic rings. The lowest BCUT2D eigenvalue weighted by molar-refractivity contribution is -0.137. The fourth-order valence-electron chi connectivity index (χ4n) is 4.96. The maximum Gasteiger partial charge on any atom is 0.416 e. The highest BCUT2D eigenvalue weighted by atomic mass is 19.4. The van der Waals surface area contributed by atoms with E-state index >= 15 is 0 Å². The van der Waals surface area contributed by atoms with E-state index in [4.69, 9.17) is 14.6 Å². The van der Waals surface area contributed by atoms with Gasteiger partial charge in [-0.3, -0.25) is 9.59 Å². The highest BCUT2D eigenvalue weighted by molar-refractivity contribution is 5.92. The van der Waals surface area contributed by atoms with Crippen molar-refractivity contribution in [3.63, 3.8) is 0 Å². The first-order valence-electron chi connectivity index (χ1n) is 12.6. The summed E-state index contributed by atoms with van der Waals surface area (Å²) in [5.41, 5.74) is 0.684. The first-order chi connectivity index (χ1) is 17.7. The second-order valence-corrected chi connectivity index (χ2v) is 9.87. The van der Waals surface area contributed by atoms with Crippen LogP contribution in [0.2, 0.25) is 0 Å². The van der Waals surface area contributed by atoms with E-state index in [9.17, 15) is 22.4 Å². The van der Waals surface area contributed by atoms with Gasteiger partial charge in [0.25, 0.3) is 6.47 Å². The fourth-order valence-corrected chi connectivity index (χ4v) is 4.96. The van der Waals surface area contributed by atoms with Gasteiger partial charge < -0.3 is 15.2 Å². The first-order valence-corrected chi connectivity index (χ1v) is 12.6. The summed E-state index contributed by atoms with van der Waals surface area (Å²) in [6, 6.07) is 12.0. The number of halogens is 4. The molecule has 37 heavy (non-hydrogen) atoms. The number of hydrogen-bond donors (Lipinski definition) is 2. The quantitative estimate of drug-likeness (QED) is 0.334. The number of nitrogens with one attached hydrogen (secondary N) is 1. The van der Waals surface area contributed by atoms with E-state index in [1.54, 1.807) is 0 Å². The van der Waals surface area contributed by atoms with Gasteiger partial charge in [0.2, 0.25) is 5.91 Å². The van der Waals surface area contributed by atoms with E-state index < -0.39 is 17.6 Å². The van der Waals surface area contributed by atoms with Gasteiger partial charge in [0, 0.05) is 19.1 Å². The van der Waals surface area contributed by atoms with Crippen LogP contribution < -0.4 is 5.32 Å². The van der Waals surface area contributed by atoms with Gasteiger partial charge in [0.1, 0.15) is 5.82 Å². The molecule has 0 radical (unpaired) electrons. The molecule has 1 aliphatic heterocycles. The van der Waals surface area contributed by atoms with Gasteiger partial charge in [-0.25, -0.2) is 4.39 Å². The van der Waals surface area contributed by atoms with Crippen LogP contribution in [-0.4, -0.2) is 30.7 Å². The third kappa shape index (κ3) is 8.55. The number of alkyl halides is 3. The van der Waals surface area contributed by atoms with Crippen molar-refractivity contribution >= 4 is 18.1 Å². The fraction of sp³-hybridized carbons (Fsp3) is 0.500. The van der Waals surface area contributed by atoms with Crippen molar-refractivity contribution in [2.45, 2.75) is 63.5 Å². The van der Waals surface area contributed by atoms with Crippen molar-refractivity contribution in [1.82, 2.24) is 0 Å². The van der Waals surface area contributed by atoms with Crippen LogP contribution in [0.1, 0.15) is 68.4 Å². The summed E-state index contributed by atoms with van der Waals surface area (Å²) in [6.07, 6.45) is 4.24. The van der Waals surface area contributed by atoms with Crippen molar-refractivity contribution < 1.29 is 37.0 Å². The Morgan fingerprint density at radius 1 is 1.03 bits per heavy atom. The molecule has 2 aliphatic carbocycles. The zero-order valence-electron chi connectivity index (χ0n) is 20.6. The molecule has 2 atom stereocenters. The molecule has 9 heteroatoms. The van der Waals surface area contributed by atoms with E-state index in [1.165, 1.54) is 31.2 Å². The molecular weight excluding hydrogens is 490 g/mol. The van der Waals surface area contributed by atoms with Gasteiger partial charge in [-0.2, -0.15) is 13.2 Å². The molecule has 2 N–H and O–H groups in total. The van der Waals surface area contributed by atoms with Crippen LogP contribution >= 0.6 is 0 Å². The van der Waals surface area contributed by atoms with Gasteiger partial charge in [0.15, 0.2) is 0 Å². The summed E-state index contributed by atoms with van der Waals surface area (Å²) in [4.78, 5) is 20.8. The third-order valence-electron chi connectivity index (χ3n) is 7.38. The second-order valence-electron chi connectivity index (χ2n) is 9.87. The molecular formula is C28H33F4NO4. The molecule has 2 unspecified atom stereocenters. The zero-order chi connectivity index (χ0) is 26.9. The molecule has 5 nitrogen and oxygen atoms in total. The average molecular weight is 524 g/mol. The average Bonchev–Trinajstić information content (AvgIpc) is 3.64. The Balaban J connectivity index is 0.000000284. The highest BCUT2D eigenvalue weighted by Gasteiger charge is 2.43. The minimum atomic E-state index is -4.62. The van der Waals surface area contributed by atoms with Gasteiger partial charge in [-0.15, -0.1) is 0 Å². The number of carbonyl (C=O) groups excluding carboxylic acids is 1. The van der Waals surface area contributed by atoms with E-state index in [0.717, 1.165) is 43.6 Å². The summed E-state index contributed by atoms with van der Waals surface area (Å²) in [5.74, 6) is -1.44. The van der Waals surface area contributed by atoms with Crippen LogP contribution in [0.15, 0.2) is 48.5 Å². The van der Waals surface area contributed by atoms with Crippen LogP contribution in [0.4, 0.5) is 23.2 Å². The van der Waals surface area contributed by atoms with Crippen LogP contribution in [-0.2, 0) is 20.5 Å². The number of carboxylic acid groups (broad SMARTS) is 1. The molecule has 5 rings (SSSR count). The molecule has 0 aromatic heterocycles. The van der Waals surface area contributed by atoms with Crippen LogP contribution in [0.3, 0.4) is 0 Å². The van der Waals surface area contributed by atoms with E-state index in [2.05, 4.69) is 5.32 Å². The normalized spacial score (nSPS) is 21.9. The van der Waals surface area contributed by atoms with Crippen molar-refractivity contribution in [3.8, 4) is 0 Å². The van der Waals surface area contributed by atoms with Crippen LogP contribution in [0.5, 0.6) is 0 Å². The monoisotopic (exact) mass is 523 g/mol. The van der Waals surface area contributed by atoms with Crippen molar-refractivity contribution in [3.05, 3.63) is 65.5 Å². The third-order valence-corrected chi connectivity index (χ3v) is 7.38. The minimum Gasteiger partial charge on any atom is -0.483 e. The zero-order valence-corrected chi connectivity index (χ0v) is 20.6. The molecule has 202 valence electrons. The van der Waals surface area contributed by atoms with Gasteiger partial charge in [-0.1, -0.05) is 36.8 Å². The smallest absolute Gasteiger partial charge is 0.416 e. The lowest BCUT2D eigenvalue weighted by atomic mass is 9.77.